The topological polar surface area (TPSA) is 17.1 Å². The summed E-state index contributed by atoms with van der Waals surface area (Å²) in [5.74, 6) is 0.898. The van der Waals surface area contributed by atoms with E-state index in [1.165, 1.54) is 0 Å². The fraction of sp³-hybridized carbons (Fsp3) is 0.143. The molecule has 0 aliphatic carbocycles. The first kappa shape index (κ1) is 14.9. The van der Waals surface area contributed by atoms with Gasteiger partial charge in [0.1, 0.15) is 0 Å². The first-order valence-corrected chi connectivity index (χ1v) is 8.20. The van der Waals surface area contributed by atoms with Crippen LogP contribution in [0.2, 0.25) is 15.1 Å². The summed E-state index contributed by atoms with van der Waals surface area (Å²) in [6, 6.07) is 12.6. The van der Waals surface area contributed by atoms with Crippen LogP contribution in [0.15, 0.2) is 42.5 Å². The maximum atomic E-state index is 12.1. The van der Waals surface area contributed by atoms with E-state index in [-0.39, 0.29) is 0 Å². The fourth-order valence-corrected chi connectivity index (χ4v) is 3.58. The molecule has 19 heavy (non-hydrogen) atoms. The summed E-state index contributed by atoms with van der Waals surface area (Å²) in [6.07, 6.45) is 0. The summed E-state index contributed by atoms with van der Waals surface area (Å²) in [6.45, 7) is 0. The van der Waals surface area contributed by atoms with Gasteiger partial charge in [-0.2, -0.15) is 0 Å². The Morgan fingerprint density at radius 1 is 0.842 bits per heavy atom. The van der Waals surface area contributed by atoms with E-state index in [1.54, 1.807) is 24.3 Å². The van der Waals surface area contributed by atoms with E-state index in [1.807, 2.05) is 18.2 Å². The molecule has 1 atom stereocenters. The van der Waals surface area contributed by atoms with Gasteiger partial charge in [-0.25, -0.2) is 0 Å². The Morgan fingerprint density at radius 3 is 2.11 bits per heavy atom. The van der Waals surface area contributed by atoms with Crippen molar-refractivity contribution in [1.82, 2.24) is 0 Å². The lowest BCUT2D eigenvalue weighted by molar-refractivity contribution is 0.682. The fourth-order valence-electron chi connectivity index (χ4n) is 1.63. The third kappa shape index (κ3) is 4.50. The normalized spacial score (nSPS) is 12.4. The first-order chi connectivity index (χ1) is 9.04. The van der Waals surface area contributed by atoms with Gasteiger partial charge in [-0.3, -0.25) is 4.21 Å². The van der Waals surface area contributed by atoms with Crippen LogP contribution in [0.3, 0.4) is 0 Å². The molecule has 0 aromatic heterocycles. The van der Waals surface area contributed by atoms with Gasteiger partial charge in [-0.15, -0.1) is 0 Å². The van der Waals surface area contributed by atoms with Gasteiger partial charge in [0.25, 0.3) is 0 Å². The zero-order valence-electron chi connectivity index (χ0n) is 9.91. The molecule has 2 aromatic rings. The molecule has 0 saturated heterocycles. The van der Waals surface area contributed by atoms with Crippen molar-refractivity contribution in [2.24, 2.45) is 0 Å². The Hall–Kier alpha value is -0.540. The standard InChI is InChI=1S/C14H11Cl3OS/c15-12-4-1-10(2-5-12)8-19(18)9-11-3-6-13(16)7-14(11)17/h1-7H,8-9H2/t19-/m1/s1. The minimum absolute atomic E-state index is 0.415. The Balaban J connectivity index is 2.03. The molecule has 0 fully saturated rings. The minimum atomic E-state index is -1.02. The second-order valence-corrected chi connectivity index (χ2v) is 6.83. The Kier molecular flexibility index (Phi) is 5.28. The van der Waals surface area contributed by atoms with E-state index in [4.69, 9.17) is 34.8 Å². The highest BCUT2D eigenvalue weighted by molar-refractivity contribution is 7.83. The molecule has 2 aromatic carbocycles. The average molecular weight is 334 g/mol. The van der Waals surface area contributed by atoms with Crippen LogP contribution in [-0.2, 0) is 22.3 Å². The predicted octanol–water partition coefficient (Wildman–Crippen LogP) is 5.10. The van der Waals surface area contributed by atoms with E-state index in [0.717, 1.165) is 11.1 Å². The molecule has 0 saturated carbocycles. The number of benzene rings is 2. The van der Waals surface area contributed by atoms with E-state index >= 15 is 0 Å². The monoisotopic (exact) mass is 332 g/mol. The smallest absolute Gasteiger partial charge is 0.0503 e. The molecule has 0 aliphatic heterocycles. The molecule has 0 radical (unpaired) electrons. The zero-order chi connectivity index (χ0) is 13.8. The molecule has 0 spiro atoms. The lowest BCUT2D eigenvalue weighted by Crippen LogP contribution is -2.00. The van der Waals surface area contributed by atoms with E-state index in [2.05, 4.69) is 0 Å². The van der Waals surface area contributed by atoms with E-state index in [9.17, 15) is 4.21 Å². The van der Waals surface area contributed by atoms with Crippen molar-refractivity contribution >= 4 is 45.6 Å². The molecule has 0 bridgehead atoms. The molecule has 100 valence electrons. The number of rotatable bonds is 4. The van der Waals surface area contributed by atoms with Gasteiger partial charge in [-0.05, 0) is 35.4 Å². The molecular weight excluding hydrogens is 323 g/mol. The van der Waals surface area contributed by atoms with Gasteiger partial charge in [0.2, 0.25) is 0 Å². The van der Waals surface area contributed by atoms with Crippen LogP contribution >= 0.6 is 34.8 Å². The molecule has 0 amide bonds. The lowest BCUT2D eigenvalue weighted by atomic mass is 10.2. The van der Waals surface area contributed by atoms with Gasteiger partial charge >= 0.3 is 0 Å². The molecule has 0 N–H and O–H groups in total. The van der Waals surface area contributed by atoms with Gasteiger partial charge in [0.15, 0.2) is 0 Å². The van der Waals surface area contributed by atoms with Crippen LogP contribution in [0, 0.1) is 0 Å². The van der Waals surface area contributed by atoms with Gasteiger partial charge in [-0.1, -0.05) is 53.0 Å². The second kappa shape index (κ2) is 6.76. The Morgan fingerprint density at radius 2 is 1.47 bits per heavy atom. The van der Waals surface area contributed by atoms with Crippen molar-refractivity contribution in [1.29, 1.82) is 0 Å². The molecule has 0 heterocycles. The van der Waals surface area contributed by atoms with Crippen molar-refractivity contribution in [3.05, 3.63) is 68.7 Å². The highest BCUT2D eigenvalue weighted by Gasteiger charge is 2.07. The van der Waals surface area contributed by atoms with Crippen LogP contribution in [0.4, 0.5) is 0 Å². The van der Waals surface area contributed by atoms with Gasteiger partial charge < -0.3 is 0 Å². The summed E-state index contributed by atoms with van der Waals surface area (Å²) in [5, 5.41) is 1.81. The van der Waals surface area contributed by atoms with Crippen LogP contribution < -0.4 is 0 Å². The highest BCUT2D eigenvalue weighted by Crippen LogP contribution is 2.23. The van der Waals surface area contributed by atoms with Crippen molar-refractivity contribution in [2.45, 2.75) is 11.5 Å². The molecule has 1 nitrogen and oxygen atoms in total. The largest absolute Gasteiger partial charge is 0.259 e. The minimum Gasteiger partial charge on any atom is -0.259 e. The SMILES string of the molecule is O=[S@](Cc1ccc(Cl)cc1)Cc1ccc(Cl)cc1Cl. The van der Waals surface area contributed by atoms with E-state index < -0.39 is 10.8 Å². The maximum absolute atomic E-state index is 12.1. The number of hydrogen-bond donors (Lipinski definition) is 0. The lowest BCUT2D eigenvalue weighted by Gasteiger charge is -2.05. The third-order valence-corrected chi connectivity index (χ3v) is 4.70. The average Bonchev–Trinajstić information content (AvgIpc) is 2.36. The second-order valence-electron chi connectivity index (χ2n) is 4.09. The van der Waals surface area contributed by atoms with Crippen molar-refractivity contribution in [3.8, 4) is 0 Å². The summed E-state index contributed by atoms with van der Waals surface area (Å²) < 4.78 is 12.1. The molecular formula is C14H11Cl3OS. The molecule has 5 heteroatoms. The Bertz CT molecular complexity index is 596. The van der Waals surface area contributed by atoms with Crippen LogP contribution in [0.5, 0.6) is 0 Å². The van der Waals surface area contributed by atoms with Crippen molar-refractivity contribution in [2.75, 3.05) is 0 Å². The quantitative estimate of drug-likeness (QED) is 0.761. The first-order valence-electron chi connectivity index (χ1n) is 5.58. The van der Waals surface area contributed by atoms with Crippen molar-refractivity contribution < 1.29 is 4.21 Å². The Labute approximate surface area is 130 Å². The van der Waals surface area contributed by atoms with E-state index in [0.29, 0.717) is 26.6 Å². The maximum Gasteiger partial charge on any atom is 0.0503 e. The van der Waals surface area contributed by atoms with Crippen LogP contribution in [0.1, 0.15) is 11.1 Å². The van der Waals surface area contributed by atoms with Gasteiger partial charge in [0.05, 0.1) is 5.75 Å². The summed E-state index contributed by atoms with van der Waals surface area (Å²) in [4.78, 5) is 0. The molecule has 0 aliphatic rings. The summed E-state index contributed by atoms with van der Waals surface area (Å²) in [5.41, 5.74) is 1.84. The van der Waals surface area contributed by atoms with Crippen LogP contribution in [0.25, 0.3) is 0 Å². The van der Waals surface area contributed by atoms with Gasteiger partial charge in [0, 0.05) is 31.6 Å². The summed E-state index contributed by atoms with van der Waals surface area (Å²) in [7, 11) is -1.02. The molecule has 0 unspecified atom stereocenters. The summed E-state index contributed by atoms with van der Waals surface area (Å²) >= 11 is 17.7. The van der Waals surface area contributed by atoms with Crippen LogP contribution in [-0.4, -0.2) is 4.21 Å². The van der Waals surface area contributed by atoms with Crippen molar-refractivity contribution in [3.63, 3.8) is 0 Å². The highest BCUT2D eigenvalue weighted by atomic mass is 35.5. The number of hydrogen-bond acceptors (Lipinski definition) is 1. The number of halogens is 3. The predicted molar refractivity (Wildman–Crippen MR) is 83.5 cm³/mol. The zero-order valence-corrected chi connectivity index (χ0v) is 13.0. The molecule has 2 rings (SSSR count). The third-order valence-electron chi connectivity index (χ3n) is 2.57.